The minimum Gasteiger partial charge on any atom is -0.489 e. The number of rotatable bonds is 8. The number of allylic oxidation sites excluding steroid dienone is 1. The number of carbonyl (C=O) groups excluding carboxylic acids is 1. The summed E-state index contributed by atoms with van der Waals surface area (Å²) in [4.78, 5) is 12.8. The van der Waals surface area contributed by atoms with Crippen molar-refractivity contribution >= 4 is 40.0 Å². The normalized spacial score (nSPS) is 11.1. The highest BCUT2D eigenvalue weighted by atomic mass is 35.5. The molecule has 0 atom stereocenters. The van der Waals surface area contributed by atoms with E-state index in [1.807, 2.05) is 49.4 Å². The molecule has 36 heavy (non-hydrogen) atoms. The van der Waals surface area contributed by atoms with Gasteiger partial charge in [0.05, 0.1) is 0 Å². The molecule has 0 aliphatic heterocycles. The molecule has 5 heteroatoms. The molecule has 0 aliphatic rings. The van der Waals surface area contributed by atoms with Gasteiger partial charge in [0.1, 0.15) is 24.0 Å². The Hall–Kier alpha value is -4.33. The standard InChI is InChI=1S/C31H25ClN2O2/c1-3-8-24-17-22(18-26(19-33)31(35)34-29-14-7-13-28(32)21(29)2)15-16-30(24)36-20-25-11-6-10-23-9-4-5-12-27(23)25/h3-7,9-18H,1,8,20H2,2H3,(H,34,35)/b26-18-. The fourth-order valence-electron chi connectivity index (χ4n) is 3.97. The van der Waals surface area contributed by atoms with Crippen LogP contribution < -0.4 is 10.1 Å². The van der Waals surface area contributed by atoms with E-state index in [0.717, 1.165) is 33.4 Å². The molecule has 0 fully saturated rings. The fraction of sp³-hybridized carbons (Fsp3) is 0.0968. The van der Waals surface area contributed by atoms with Crippen molar-refractivity contribution < 1.29 is 9.53 Å². The Morgan fingerprint density at radius 3 is 2.64 bits per heavy atom. The van der Waals surface area contributed by atoms with Gasteiger partial charge in [0, 0.05) is 10.7 Å². The molecule has 178 valence electrons. The molecule has 4 aromatic rings. The highest BCUT2D eigenvalue weighted by Crippen LogP contribution is 2.27. The molecule has 0 aromatic heterocycles. The number of nitrogens with one attached hydrogen (secondary N) is 1. The van der Waals surface area contributed by atoms with Crippen LogP contribution in [0.3, 0.4) is 0 Å². The maximum Gasteiger partial charge on any atom is 0.266 e. The van der Waals surface area contributed by atoms with Gasteiger partial charge in [-0.05, 0) is 76.7 Å². The zero-order valence-corrected chi connectivity index (χ0v) is 20.7. The summed E-state index contributed by atoms with van der Waals surface area (Å²) in [6, 6.07) is 27.2. The second-order valence-corrected chi connectivity index (χ2v) is 8.73. The minimum atomic E-state index is -0.496. The summed E-state index contributed by atoms with van der Waals surface area (Å²) in [6.45, 7) is 6.09. The highest BCUT2D eigenvalue weighted by Gasteiger charge is 2.13. The molecule has 4 rings (SSSR count). The summed E-state index contributed by atoms with van der Waals surface area (Å²) >= 11 is 6.15. The third-order valence-corrected chi connectivity index (χ3v) is 6.31. The summed E-state index contributed by atoms with van der Waals surface area (Å²) in [5.74, 6) is 0.238. The molecule has 1 amide bonds. The van der Waals surface area contributed by atoms with Crippen molar-refractivity contribution in [3.05, 3.63) is 124 Å². The molecule has 0 saturated heterocycles. The van der Waals surface area contributed by atoms with Crippen LogP contribution in [0.4, 0.5) is 5.69 Å². The molecular weight excluding hydrogens is 468 g/mol. The molecule has 0 saturated carbocycles. The number of hydrogen-bond donors (Lipinski definition) is 1. The van der Waals surface area contributed by atoms with E-state index in [-0.39, 0.29) is 5.57 Å². The smallest absolute Gasteiger partial charge is 0.266 e. The average Bonchev–Trinajstić information content (AvgIpc) is 2.89. The van der Waals surface area contributed by atoms with Gasteiger partial charge in [-0.15, -0.1) is 6.58 Å². The first kappa shape index (κ1) is 24.8. The predicted molar refractivity (Wildman–Crippen MR) is 147 cm³/mol. The Morgan fingerprint density at radius 2 is 1.83 bits per heavy atom. The number of carbonyl (C=O) groups is 1. The second kappa shape index (κ2) is 11.4. The van der Waals surface area contributed by atoms with E-state index < -0.39 is 5.91 Å². The van der Waals surface area contributed by atoms with Crippen LogP contribution in [-0.2, 0) is 17.8 Å². The molecule has 4 nitrogen and oxygen atoms in total. The van der Waals surface area contributed by atoms with E-state index in [1.54, 1.807) is 30.4 Å². The van der Waals surface area contributed by atoms with Crippen molar-refractivity contribution in [1.29, 1.82) is 5.26 Å². The van der Waals surface area contributed by atoms with Crippen LogP contribution in [0.5, 0.6) is 5.75 Å². The van der Waals surface area contributed by atoms with Crippen LogP contribution in [-0.4, -0.2) is 5.91 Å². The fourth-order valence-corrected chi connectivity index (χ4v) is 4.14. The van der Waals surface area contributed by atoms with Crippen molar-refractivity contribution in [2.24, 2.45) is 0 Å². The molecule has 1 N–H and O–H groups in total. The van der Waals surface area contributed by atoms with Crippen LogP contribution in [0.15, 0.2) is 97.1 Å². The minimum absolute atomic E-state index is 0.0108. The molecule has 0 bridgehead atoms. The lowest BCUT2D eigenvalue weighted by Gasteiger charge is -2.13. The van der Waals surface area contributed by atoms with Crippen molar-refractivity contribution in [2.45, 2.75) is 20.0 Å². The monoisotopic (exact) mass is 492 g/mol. The van der Waals surface area contributed by atoms with Gasteiger partial charge in [0.15, 0.2) is 0 Å². The Bertz CT molecular complexity index is 1510. The SMILES string of the molecule is C=CCc1cc(/C=C(/C#N)C(=O)Nc2cccc(Cl)c2C)ccc1OCc1cccc2ccccc12. The lowest BCUT2D eigenvalue weighted by atomic mass is 10.0. The first-order chi connectivity index (χ1) is 17.5. The van der Waals surface area contributed by atoms with E-state index in [4.69, 9.17) is 16.3 Å². The number of fused-ring (bicyclic) bond motifs is 1. The van der Waals surface area contributed by atoms with E-state index in [0.29, 0.717) is 23.7 Å². The van der Waals surface area contributed by atoms with Gasteiger partial charge in [0.2, 0.25) is 0 Å². The first-order valence-electron chi connectivity index (χ1n) is 11.5. The highest BCUT2D eigenvalue weighted by molar-refractivity contribution is 6.31. The van der Waals surface area contributed by atoms with Gasteiger partial charge in [-0.1, -0.05) is 72.3 Å². The lowest BCUT2D eigenvalue weighted by molar-refractivity contribution is -0.112. The van der Waals surface area contributed by atoms with Gasteiger partial charge in [0.25, 0.3) is 5.91 Å². The maximum atomic E-state index is 12.8. The van der Waals surface area contributed by atoms with Crippen LogP contribution in [0.25, 0.3) is 16.8 Å². The van der Waals surface area contributed by atoms with Gasteiger partial charge < -0.3 is 10.1 Å². The predicted octanol–water partition coefficient (Wildman–Crippen LogP) is 7.65. The molecular formula is C31H25ClN2O2. The van der Waals surface area contributed by atoms with Crippen molar-refractivity contribution in [3.63, 3.8) is 0 Å². The largest absolute Gasteiger partial charge is 0.489 e. The number of ether oxygens (including phenoxy) is 1. The first-order valence-corrected chi connectivity index (χ1v) is 11.9. The number of nitriles is 1. The van der Waals surface area contributed by atoms with Gasteiger partial charge in [-0.2, -0.15) is 5.26 Å². The third-order valence-electron chi connectivity index (χ3n) is 5.90. The number of halogens is 1. The molecule has 0 spiro atoms. The Balaban J connectivity index is 1.56. The quantitative estimate of drug-likeness (QED) is 0.156. The lowest BCUT2D eigenvalue weighted by Crippen LogP contribution is -2.14. The molecule has 4 aromatic carbocycles. The number of hydrogen-bond acceptors (Lipinski definition) is 3. The number of anilines is 1. The zero-order chi connectivity index (χ0) is 25.5. The third kappa shape index (κ3) is 5.66. The van der Waals surface area contributed by atoms with Gasteiger partial charge in [-0.25, -0.2) is 0 Å². The van der Waals surface area contributed by atoms with E-state index in [9.17, 15) is 10.1 Å². The summed E-state index contributed by atoms with van der Waals surface area (Å²) in [5.41, 5.74) is 4.04. The van der Waals surface area contributed by atoms with Crippen LogP contribution in [0, 0.1) is 18.3 Å². The van der Waals surface area contributed by atoms with Crippen LogP contribution in [0.1, 0.15) is 22.3 Å². The molecule has 0 radical (unpaired) electrons. The number of nitrogens with zero attached hydrogens (tertiary/aromatic N) is 1. The summed E-state index contributed by atoms with van der Waals surface area (Å²) < 4.78 is 6.20. The maximum absolute atomic E-state index is 12.8. The summed E-state index contributed by atoms with van der Waals surface area (Å²) in [5, 5.41) is 15.3. The number of amides is 1. The molecule has 0 unspecified atom stereocenters. The Kier molecular flexibility index (Phi) is 7.85. The van der Waals surface area contributed by atoms with Gasteiger partial charge >= 0.3 is 0 Å². The van der Waals surface area contributed by atoms with E-state index in [1.165, 1.54) is 5.39 Å². The van der Waals surface area contributed by atoms with Crippen molar-refractivity contribution in [3.8, 4) is 11.8 Å². The summed E-state index contributed by atoms with van der Waals surface area (Å²) in [6.07, 6.45) is 3.95. The topological polar surface area (TPSA) is 62.1 Å². The van der Waals surface area contributed by atoms with E-state index >= 15 is 0 Å². The zero-order valence-electron chi connectivity index (χ0n) is 19.9. The second-order valence-electron chi connectivity index (χ2n) is 8.32. The molecule has 0 heterocycles. The summed E-state index contributed by atoms with van der Waals surface area (Å²) in [7, 11) is 0. The van der Waals surface area contributed by atoms with Gasteiger partial charge in [-0.3, -0.25) is 4.79 Å². The van der Waals surface area contributed by atoms with Crippen molar-refractivity contribution in [1.82, 2.24) is 0 Å². The Morgan fingerprint density at radius 1 is 1.06 bits per heavy atom. The van der Waals surface area contributed by atoms with Crippen LogP contribution >= 0.6 is 11.6 Å². The Labute approximate surface area is 216 Å². The molecule has 0 aliphatic carbocycles. The average molecular weight is 493 g/mol. The number of benzene rings is 4. The van der Waals surface area contributed by atoms with Crippen molar-refractivity contribution in [2.75, 3.05) is 5.32 Å². The van der Waals surface area contributed by atoms with E-state index in [2.05, 4.69) is 36.2 Å². The van der Waals surface area contributed by atoms with Crippen LogP contribution in [0.2, 0.25) is 5.02 Å².